The number of halogens is 1. The Hall–Kier alpha value is -1.53. The number of thiol groups is 1. The highest BCUT2D eigenvalue weighted by Gasteiger charge is 2.42. The fraction of sp³-hybridized carbons (Fsp3) is 0.611. The summed E-state index contributed by atoms with van der Waals surface area (Å²) in [5, 5.41) is 28.3. The number of piperidine rings is 1. The minimum absolute atomic E-state index is 0.0520. The molecule has 0 amide bonds. The van der Waals surface area contributed by atoms with Gasteiger partial charge in [-0.15, -0.1) is 5.10 Å². The van der Waals surface area contributed by atoms with E-state index in [1.165, 1.54) is 0 Å². The second kappa shape index (κ2) is 7.13. The average Bonchev–Trinajstić information content (AvgIpc) is 2.89. The van der Waals surface area contributed by atoms with Crippen LogP contribution in [0, 0.1) is 11.3 Å². The minimum Gasteiger partial charge on any atom is -0.390 e. The maximum absolute atomic E-state index is 10.3. The van der Waals surface area contributed by atoms with Gasteiger partial charge in [-0.2, -0.15) is 5.26 Å². The van der Waals surface area contributed by atoms with Crippen LogP contribution in [-0.2, 0) is 5.41 Å². The molecule has 2 aliphatic rings. The Kier molecular flexibility index (Phi) is 4.97. The predicted octanol–water partition coefficient (Wildman–Crippen LogP) is 2.78. The fourth-order valence-corrected chi connectivity index (χ4v) is 4.82. The number of hydrogen-bond donors (Lipinski definition) is 3. The lowest BCUT2D eigenvalue weighted by atomic mass is 9.64. The van der Waals surface area contributed by atoms with E-state index < -0.39 is 6.10 Å². The average molecular weight is 407 g/mol. The van der Waals surface area contributed by atoms with Gasteiger partial charge >= 0.3 is 0 Å². The van der Waals surface area contributed by atoms with E-state index in [-0.39, 0.29) is 11.5 Å². The van der Waals surface area contributed by atoms with Crippen LogP contribution >= 0.6 is 24.4 Å². The molecule has 1 saturated heterocycles. The molecule has 2 atom stereocenters. The zero-order chi connectivity index (χ0) is 19.2. The highest BCUT2D eigenvalue weighted by molar-refractivity contribution is 7.77. The standard InChI is InChI=1S/C18H23ClN6OS/c1-2-18(5-3-6-18)16-11(8-20)15(19)13-9-21-17(23-25(13)16)22-12-4-7-24(27)10-14(12)26/h9,12,14,26-27H,2-7,10H2,1H3,(H,22,23). The van der Waals surface area contributed by atoms with Crippen molar-refractivity contribution >= 4 is 35.9 Å². The minimum atomic E-state index is -0.549. The Morgan fingerprint density at radius 1 is 1.52 bits per heavy atom. The van der Waals surface area contributed by atoms with Crippen molar-refractivity contribution < 1.29 is 5.11 Å². The molecule has 2 N–H and O–H groups in total. The fourth-order valence-electron chi connectivity index (χ4n) is 4.28. The zero-order valence-corrected chi connectivity index (χ0v) is 16.8. The monoisotopic (exact) mass is 406 g/mol. The van der Waals surface area contributed by atoms with Gasteiger partial charge in [-0.3, -0.25) is 4.31 Å². The van der Waals surface area contributed by atoms with Gasteiger partial charge in [0.05, 0.1) is 34.6 Å². The number of nitriles is 1. The Bertz CT molecular complexity index is 900. The van der Waals surface area contributed by atoms with E-state index in [1.807, 2.05) is 0 Å². The van der Waals surface area contributed by atoms with Crippen LogP contribution in [0.1, 0.15) is 50.3 Å². The molecule has 2 aromatic heterocycles. The Labute approximate surface area is 168 Å². The van der Waals surface area contributed by atoms with Crippen molar-refractivity contribution in [1.29, 1.82) is 5.26 Å². The summed E-state index contributed by atoms with van der Waals surface area (Å²) >= 11 is 10.8. The number of nitrogens with one attached hydrogen (secondary N) is 1. The smallest absolute Gasteiger partial charge is 0.241 e. The zero-order valence-electron chi connectivity index (χ0n) is 15.2. The molecule has 4 rings (SSSR count). The van der Waals surface area contributed by atoms with E-state index in [9.17, 15) is 10.4 Å². The SMILES string of the molecule is CCC1(c2c(C#N)c(Cl)c3cnc(NC4CCN(S)CC4O)nn23)CCC1. The first-order chi connectivity index (χ1) is 13.0. The maximum atomic E-state index is 10.3. The van der Waals surface area contributed by atoms with Gasteiger partial charge in [0.1, 0.15) is 11.6 Å². The summed E-state index contributed by atoms with van der Waals surface area (Å²) in [6.07, 6.45) is 6.01. The first kappa shape index (κ1) is 18.8. The van der Waals surface area contributed by atoms with Crippen LogP contribution in [0.4, 0.5) is 5.95 Å². The number of β-amino-alcohol motifs (C(OH)–C–C–N with tert-alkyl or cyclic N) is 1. The number of aromatic nitrogens is 3. The van der Waals surface area contributed by atoms with E-state index >= 15 is 0 Å². The molecule has 2 fully saturated rings. The second-order valence-corrected chi connectivity index (χ2v) is 8.48. The Morgan fingerprint density at radius 2 is 2.30 bits per heavy atom. The first-order valence-electron chi connectivity index (χ1n) is 9.35. The predicted molar refractivity (Wildman–Crippen MR) is 107 cm³/mol. The van der Waals surface area contributed by atoms with Crippen LogP contribution in [0.3, 0.4) is 0 Å². The molecule has 3 heterocycles. The summed E-state index contributed by atoms with van der Waals surface area (Å²) in [5.41, 5.74) is 2.01. The molecule has 0 aromatic carbocycles. The summed E-state index contributed by atoms with van der Waals surface area (Å²) in [6, 6.07) is 2.14. The van der Waals surface area contributed by atoms with Gasteiger partial charge in [0.25, 0.3) is 0 Å². The number of hydrogen-bond acceptors (Lipinski definition) is 7. The van der Waals surface area contributed by atoms with Crippen LogP contribution in [0.2, 0.25) is 5.02 Å². The second-order valence-electron chi connectivity index (χ2n) is 7.54. The van der Waals surface area contributed by atoms with Gasteiger partial charge in [0.15, 0.2) is 0 Å². The molecule has 0 spiro atoms. The number of rotatable bonds is 4. The summed E-state index contributed by atoms with van der Waals surface area (Å²) in [4.78, 5) is 4.38. The molecular weight excluding hydrogens is 384 g/mol. The quantitative estimate of drug-likeness (QED) is 0.676. The summed E-state index contributed by atoms with van der Waals surface area (Å²) < 4.78 is 3.59. The van der Waals surface area contributed by atoms with Crippen LogP contribution in [-0.4, -0.2) is 49.2 Å². The summed E-state index contributed by atoms with van der Waals surface area (Å²) in [6.45, 7) is 3.41. The maximum Gasteiger partial charge on any atom is 0.241 e. The highest BCUT2D eigenvalue weighted by atomic mass is 35.5. The molecular formula is C18H23ClN6OS. The van der Waals surface area contributed by atoms with E-state index in [0.717, 1.165) is 44.3 Å². The van der Waals surface area contributed by atoms with E-state index in [2.05, 4.69) is 41.2 Å². The van der Waals surface area contributed by atoms with Crippen molar-refractivity contribution in [3.05, 3.63) is 22.5 Å². The number of nitrogens with zero attached hydrogens (tertiary/aromatic N) is 5. The largest absolute Gasteiger partial charge is 0.390 e. The van der Waals surface area contributed by atoms with Gasteiger partial charge in [-0.25, -0.2) is 9.50 Å². The Balaban J connectivity index is 1.74. The van der Waals surface area contributed by atoms with Crippen molar-refractivity contribution in [2.75, 3.05) is 18.4 Å². The lowest BCUT2D eigenvalue weighted by Gasteiger charge is -2.41. The molecule has 2 aromatic rings. The van der Waals surface area contributed by atoms with E-state index in [4.69, 9.17) is 11.6 Å². The van der Waals surface area contributed by atoms with Crippen LogP contribution in [0.25, 0.3) is 5.52 Å². The molecule has 9 heteroatoms. The third kappa shape index (κ3) is 3.07. The number of fused-ring (bicyclic) bond motifs is 1. The molecule has 7 nitrogen and oxygen atoms in total. The van der Waals surface area contributed by atoms with Gasteiger partial charge in [-0.05, 0) is 25.7 Å². The summed E-state index contributed by atoms with van der Waals surface area (Å²) in [7, 11) is 0. The number of aliphatic hydroxyl groups is 1. The third-order valence-corrected chi connectivity index (χ3v) is 6.85. The molecule has 27 heavy (non-hydrogen) atoms. The topological polar surface area (TPSA) is 89.5 Å². The normalized spacial score (nSPS) is 25.1. The van der Waals surface area contributed by atoms with E-state index in [0.29, 0.717) is 28.6 Å². The van der Waals surface area contributed by atoms with Crippen LogP contribution < -0.4 is 5.32 Å². The number of anilines is 1. The Morgan fingerprint density at radius 3 is 2.89 bits per heavy atom. The molecule has 144 valence electrons. The van der Waals surface area contributed by atoms with Crippen molar-refractivity contribution in [1.82, 2.24) is 18.9 Å². The lowest BCUT2D eigenvalue weighted by molar-refractivity contribution is 0.0998. The van der Waals surface area contributed by atoms with Gasteiger partial charge in [0, 0.05) is 18.5 Å². The van der Waals surface area contributed by atoms with Crippen molar-refractivity contribution in [3.63, 3.8) is 0 Å². The van der Waals surface area contributed by atoms with Crippen LogP contribution in [0.15, 0.2) is 6.20 Å². The van der Waals surface area contributed by atoms with E-state index in [1.54, 1.807) is 15.0 Å². The highest BCUT2D eigenvalue weighted by Crippen LogP contribution is 2.49. The molecule has 0 radical (unpaired) electrons. The molecule has 1 aliphatic heterocycles. The van der Waals surface area contributed by atoms with Crippen LogP contribution in [0.5, 0.6) is 0 Å². The first-order valence-corrected chi connectivity index (χ1v) is 10.1. The molecule has 0 bridgehead atoms. The summed E-state index contributed by atoms with van der Waals surface area (Å²) in [5.74, 6) is 0.433. The van der Waals surface area contributed by atoms with Crippen molar-refractivity contribution in [2.24, 2.45) is 0 Å². The molecule has 1 aliphatic carbocycles. The van der Waals surface area contributed by atoms with Crippen molar-refractivity contribution in [2.45, 2.75) is 56.6 Å². The molecule has 1 saturated carbocycles. The van der Waals surface area contributed by atoms with Gasteiger partial charge < -0.3 is 10.4 Å². The molecule has 2 unspecified atom stereocenters. The lowest BCUT2D eigenvalue weighted by Crippen LogP contribution is -2.47. The van der Waals surface area contributed by atoms with Gasteiger partial charge in [-0.1, -0.05) is 37.8 Å². The van der Waals surface area contributed by atoms with Crippen molar-refractivity contribution in [3.8, 4) is 6.07 Å². The number of aliphatic hydroxyl groups excluding tert-OH is 1. The van der Waals surface area contributed by atoms with Gasteiger partial charge in [0.2, 0.25) is 5.95 Å². The third-order valence-electron chi connectivity index (χ3n) is 6.10.